The van der Waals surface area contributed by atoms with Crippen molar-refractivity contribution in [1.29, 1.82) is 0 Å². The highest BCUT2D eigenvalue weighted by Crippen LogP contribution is 2.10. The van der Waals surface area contributed by atoms with Crippen LogP contribution in [0.4, 0.5) is 0 Å². The smallest absolute Gasteiger partial charge is 0.229 e. The Kier molecular flexibility index (Phi) is 14.7. The fourth-order valence-electron chi connectivity index (χ4n) is 1.82. The number of aliphatic hydroxyl groups is 1. The molecule has 0 rings (SSSR count). The average Bonchev–Trinajstić information content (AvgIpc) is 2.37. The van der Waals surface area contributed by atoms with Crippen molar-refractivity contribution in [2.24, 2.45) is 0 Å². The maximum Gasteiger partial charge on any atom is 0.229 e. The second kappa shape index (κ2) is 14.8. The molecule has 0 saturated carbocycles. The van der Waals surface area contributed by atoms with Gasteiger partial charge in [0.2, 0.25) is 5.91 Å². The van der Waals surface area contributed by atoms with E-state index in [9.17, 15) is 4.79 Å². The summed E-state index contributed by atoms with van der Waals surface area (Å²) >= 11 is 1.29. The van der Waals surface area contributed by atoms with Crippen LogP contribution in [0.3, 0.4) is 0 Å². The van der Waals surface area contributed by atoms with Gasteiger partial charge in [-0.25, -0.2) is 0 Å². The fraction of sp³-hybridized carbons (Fsp3) is 0.929. The molecule has 108 valence electrons. The fourth-order valence-corrected chi connectivity index (χ4v) is 2.28. The summed E-state index contributed by atoms with van der Waals surface area (Å²) in [6.07, 6.45) is 12.1. The van der Waals surface area contributed by atoms with E-state index in [1.807, 2.05) is 0 Å². The normalized spacial score (nSPS) is 10.6. The number of unbranched alkanes of at least 4 members (excludes halogenated alkanes) is 8. The molecular weight excluding hydrogens is 246 g/mol. The first-order chi connectivity index (χ1) is 8.81. The predicted octanol–water partition coefficient (Wildman–Crippen LogP) is 3.66. The maximum absolute atomic E-state index is 11.3. The highest BCUT2D eigenvalue weighted by Gasteiger charge is 2.00. The van der Waals surface area contributed by atoms with Gasteiger partial charge in [-0.15, -0.1) is 0 Å². The van der Waals surface area contributed by atoms with Crippen molar-refractivity contribution in [3.63, 3.8) is 0 Å². The standard InChI is InChI=1S/C14H29NO2S/c1-2-3-4-5-6-7-8-9-10-11-14(17)15-18-13-12-16/h16H,2-13H2,1H3,(H,15,17). The van der Waals surface area contributed by atoms with Crippen LogP contribution in [0.5, 0.6) is 0 Å². The Balaban J connectivity index is 3.08. The van der Waals surface area contributed by atoms with Crippen molar-refractivity contribution in [2.75, 3.05) is 12.4 Å². The topological polar surface area (TPSA) is 49.3 Å². The monoisotopic (exact) mass is 275 g/mol. The second-order valence-electron chi connectivity index (χ2n) is 4.68. The molecule has 0 aromatic carbocycles. The highest BCUT2D eigenvalue weighted by atomic mass is 32.2. The van der Waals surface area contributed by atoms with Gasteiger partial charge in [0, 0.05) is 12.2 Å². The summed E-state index contributed by atoms with van der Waals surface area (Å²) in [6.45, 7) is 2.35. The van der Waals surface area contributed by atoms with E-state index in [2.05, 4.69) is 11.6 Å². The molecule has 3 nitrogen and oxygen atoms in total. The molecular formula is C14H29NO2S. The molecule has 4 heteroatoms. The van der Waals surface area contributed by atoms with Gasteiger partial charge in [0.25, 0.3) is 0 Å². The molecule has 0 saturated heterocycles. The Morgan fingerprint density at radius 3 is 2.11 bits per heavy atom. The summed E-state index contributed by atoms with van der Waals surface area (Å²) in [5.74, 6) is 0.667. The predicted molar refractivity (Wildman–Crippen MR) is 79.5 cm³/mol. The number of rotatable bonds is 13. The molecule has 0 unspecified atom stereocenters. The van der Waals surface area contributed by atoms with Crippen LogP contribution in [0, 0.1) is 0 Å². The molecule has 0 aliphatic heterocycles. The van der Waals surface area contributed by atoms with Gasteiger partial charge in [0.05, 0.1) is 6.61 Å². The van der Waals surface area contributed by atoms with Crippen molar-refractivity contribution in [1.82, 2.24) is 4.72 Å². The summed E-state index contributed by atoms with van der Waals surface area (Å²) < 4.78 is 2.73. The third-order valence-electron chi connectivity index (χ3n) is 2.89. The van der Waals surface area contributed by atoms with Gasteiger partial charge < -0.3 is 9.83 Å². The molecule has 0 aliphatic carbocycles. The zero-order valence-corrected chi connectivity index (χ0v) is 12.6. The minimum Gasteiger partial charge on any atom is -0.395 e. The largest absolute Gasteiger partial charge is 0.395 e. The highest BCUT2D eigenvalue weighted by molar-refractivity contribution is 7.97. The van der Waals surface area contributed by atoms with Crippen molar-refractivity contribution in [3.05, 3.63) is 0 Å². The van der Waals surface area contributed by atoms with E-state index < -0.39 is 0 Å². The molecule has 0 aliphatic rings. The van der Waals surface area contributed by atoms with E-state index in [4.69, 9.17) is 5.11 Å². The number of amides is 1. The van der Waals surface area contributed by atoms with Crippen LogP contribution in [0.15, 0.2) is 0 Å². The van der Waals surface area contributed by atoms with Crippen LogP contribution in [-0.2, 0) is 4.79 Å². The minimum absolute atomic E-state index is 0.0939. The number of carbonyl (C=O) groups excluding carboxylic acids is 1. The van der Waals surface area contributed by atoms with Gasteiger partial charge in [-0.2, -0.15) is 0 Å². The first kappa shape index (κ1) is 17.8. The Morgan fingerprint density at radius 1 is 1.00 bits per heavy atom. The van der Waals surface area contributed by atoms with Gasteiger partial charge in [-0.3, -0.25) is 4.79 Å². The molecule has 0 aromatic rings. The van der Waals surface area contributed by atoms with E-state index in [-0.39, 0.29) is 12.5 Å². The lowest BCUT2D eigenvalue weighted by Crippen LogP contribution is -2.16. The Morgan fingerprint density at radius 2 is 1.56 bits per heavy atom. The van der Waals surface area contributed by atoms with Crippen LogP contribution in [-0.4, -0.2) is 23.4 Å². The first-order valence-electron chi connectivity index (χ1n) is 7.32. The molecule has 0 spiro atoms. The van der Waals surface area contributed by atoms with Gasteiger partial charge in [0.1, 0.15) is 0 Å². The van der Waals surface area contributed by atoms with E-state index in [0.29, 0.717) is 12.2 Å². The molecule has 0 fully saturated rings. The SMILES string of the molecule is CCCCCCCCCCCC(=O)NSCCO. The lowest BCUT2D eigenvalue weighted by atomic mass is 10.1. The van der Waals surface area contributed by atoms with Gasteiger partial charge >= 0.3 is 0 Å². The summed E-state index contributed by atoms with van der Waals surface area (Å²) in [5, 5.41) is 8.56. The molecule has 1 amide bonds. The molecule has 0 aromatic heterocycles. The van der Waals surface area contributed by atoms with Crippen molar-refractivity contribution in [3.8, 4) is 0 Å². The van der Waals surface area contributed by atoms with Crippen molar-refractivity contribution in [2.45, 2.75) is 71.1 Å². The lowest BCUT2D eigenvalue weighted by molar-refractivity contribution is -0.119. The zero-order chi connectivity index (χ0) is 13.5. The quantitative estimate of drug-likeness (QED) is 0.398. The van der Waals surface area contributed by atoms with Crippen molar-refractivity contribution >= 4 is 17.9 Å². The van der Waals surface area contributed by atoms with E-state index in [1.54, 1.807) is 0 Å². The zero-order valence-electron chi connectivity index (χ0n) is 11.7. The van der Waals surface area contributed by atoms with E-state index in [0.717, 1.165) is 12.8 Å². The van der Waals surface area contributed by atoms with Gasteiger partial charge in [-0.05, 0) is 18.4 Å². The summed E-state index contributed by atoms with van der Waals surface area (Å²) in [7, 11) is 0. The number of nitrogens with one attached hydrogen (secondary N) is 1. The third kappa shape index (κ3) is 13.8. The molecule has 0 radical (unpaired) electrons. The molecule has 18 heavy (non-hydrogen) atoms. The van der Waals surface area contributed by atoms with Gasteiger partial charge in [0.15, 0.2) is 0 Å². The number of aliphatic hydroxyl groups excluding tert-OH is 1. The van der Waals surface area contributed by atoms with Crippen LogP contribution < -0.4 is 4.72 Å². The average molecular weight is 275 g/mol. The van der Waals surface area contributed by atoms with Gasteiger partial charge in [-0.1, -0.05) is 58.3 Å². The van der Waals surface area contributed by atoms with E-state index in [1.165, 1.54) is 56.9 Å². The third-order valence-corrected chi connectivity index (χ3v) is 3.65. The van der Waals surface area contributed by atoms with Crippen molar-refractivity contribution < 1.29 is 9.90 Å². The molecule has 2 N–H and O–H groups in total. The van der Waals surface area contributed by atoms with Crippen LogP contribution in [0.1, 0.15) is 71.1 Å². The minimum atomic E-state index is 0.0939. The number of carbonyl (C=O) groups is 1. The Labute approximate surface area is 116 Å². The number of hydrogen-bond donors (Lipinski definition) is 2. The Hall–Kier alpha value is -0.220. The van der Waals surface area contributed by atoms with E-state index >= 15 is 0 Å². The van der Waals surface area contributed by atoms with Crippen LogP contribution in [0.2, 0.25) is 0 Å². The summed E-state index contributed by atoms with van der Waals surface area (Å²) in [5.41, 5.74) is 0. The molecule has 0 bridgehead atoms. The van der Waals surface area contributed by atoms with Crippen LogP contribution >= 0.6 is 11.9 Å². The molecule has 0 heterocycles. The number of hydrogen-bond acceptors (Lipinski definition) is 3. The van der Waals surface area contributed by atoms with Crippen LogP contribution in [0.25, 0.3) is 0 Å². The summed E-state index contributed by atoms with van der Waals surface area (Å²) in [4.78, 5) is 11.3. The summed E-state index contributed by atoms with van der Waals surface area (Å²) in [6, 6.07) is 0. The Bertz CT molecular complexity index is 189. The maximum atomic E-state index is 11.3. The second-order valence-corrected chi connectivity index (χ2v) is 5.58. The molecule has 0 atom stereocenters. The lowest BCUT2D eigenvalue weighted by Gasteiger charge is -2.03. The first-order valence-corrected chi connectivity index (χ1v) is 8.31.